The molecular formula is C16H18O. The van der Waals surface area contributed by atoms with E-state index in [1.807, 2.05) is 0 Å². The minimum Gasteiger partial charge on any atom is -0.497 e. The van der Waals surface area contributed by atoms with Crippen molar-refractivity contribution in [2.75, 3.05) is 7.11 Å². The molecule has 0 bridgehead atoms. The number of methoxy groups -OCH3 is 1. The van der Waals surface area contributed by atoms with E-state index in [0.717, 1.165) is 11.7 Å². The summed E-state index contributed by atoms with van der Waals surface area (Å²) in [5.74, 6) is 3.10. The Bertz CT molecular complexity index is 437. The number of rotatable bonds is 3. The molecule has 2 unspecified atom stereocenters. The zero-order valence-electron chi connectivity index (χ0n) is 10.2. The van der Waals surface area contributed by atoms with Crippen molar-refractivity contribution in [2.24, 2.45) is 11.8 Å². The summed E-state index contributed by atoms with van der Waals surface area (Å²) in [5, 5.41) is 0. The van der Waals surface area contributed by atoms with Crippen LogP contribution in [0.3, 0.4) is 0 Å². The quantitative estimate of drug-likeness (QED) is 0.758. The molecule has 1 heteroatoms. The van der Waals surface area contributed by atoms with E-state index >= 15 is 0 Å². The Morgan fingerprint density at radius 1 is 1.00 bits per heavy atom. The van der Waals surface area contributed by atoms with Crippen LogP contribution in [0.4, 0.5) is 0 Å². The lowest BCUT2D eigenvalue weighted by atomic mass is 9.80. The predicted molar refractivity (Wildman–Crippen MR) is 70.2 cm³/mol. The predicted octanol–water partition coefficient (Wildman–Crippen LogP) is 3.93. The van der Waals surface area contributed by atoms with Crippen LogP contribution in [0.1, 0.15) is 24.3 Å². The first-order valence-electron chi connectivity index (χ1n) is 6.37. The summed E-state index contributed by atoms with van der Waals surface area (Å²) in [4.78, 5) is 0. The van der Waals surface area contributed by atoms with Crippen LogP contribution in [-0.2, 0) is 0 Å². The maximum atomic E-state index is 5.21. The average molecular weight is 226 g/mol. The normalized spacial score (nSPS) is 27.1. The van der Waals surface area contributed by atoms with E-state index in [-0.39, 0.29) is 0 Å². The lowest BCUT2D eigenvalue weighted by Gasteiger charge is -2.24. The van der Waals surface area contributed by atoms with Crippen LogP contribution >= 0.6 is 0 Å². The summed E-state index contributed by atoms with van der Waals surface area (Å²) in [6, 6.07) is 8.52. The number of hydrogen-bond donors (Lipinski definition) is 0. The first-order valence-corrected chi connectivity index (χ1v) is 6.37. The minimum atomic E-state index is 0.554. The highest BCUT2D eigenvalue weighted by Crippen LogP contribution is 2.46. The summed E-state index contributed by atoms with van der Waals surface area (Å²) in [6.45, 7) is 0. The molecule has 0 N–H and O–H groups in total. The van der Waals surface area contributed by atoms with Gasteiger partial charge in [-0.05, 0) is 42.4 Å². The molecule has 0 radical (unpaired) electrons. The second-order valence-corrected chi connectivity index (χ2v) is 4.98. The van der Waals surface area contributed by atoms with Crippen molar-refractivity contribution in [2.45, 2.75) is 18.8 Å². The van der Waals surface area contributed by atoms with E-state index in [9.17, 15) is 0 Å². The minimum absolute atomic E-state index is 0.554. The topological polar surface area (TPSA) is 9.23 Å². The summed E-state index contributed by atoms with van der Waals surface area (Å²) in [6.07, 6.45) is 11.9. The third kappa shape index (κ3) is 2.14. The van der Waals surface area contributed by atoms with Gasteiger partial charge in [-0.25, -0.2) is 0 Å². The molecule has 2 aliphatic carbocycles. The van der Waals surface area contributed by atoms with Crippen molar-refractivity contribution in [1.29, 1.82) is 0 Å². The third-order valence-corrected chi connectivity index (χ3v) is 3.84. The summed E-state index contributed by atoms with van der Waals surface area (Å²) in [7, 11) is 1.71. The highest BCUT2D eigenvalue weighted by molar-refractivity contribution is 5.35. The van der Waals surface area contributed by atoms with Crippen molar-refractivity contribution in [3.8, 4) is 5.75 Å². The molecule has 0 aliphatic heterocycles. The van der Waals surface area contributed by atoms with E-state index in [4.69, 9.17) is 4.74 Å². The van der Waals surface area contributed by atoms with Crippen LogP contribution in [0, 0.1) is 11.8 Å². The third-order valence-electron chi connectivity index (χ3n) is 3.84. The summed E-state index contributed by atoms with van der Waals surface area (Å²) >= 11 is 0. The van der Waals surface area contributed by atoms with Crippen LogP contribution in [0.15, 0.2) is 48.6 Å². The van der Waals surface area contributed by atoms with Gasteiger partial charge in [0.05, 0.1) is 7.11 Å². The molecule has 1 saturated carbocycles. The van der Waals surface area contributed by atoms with Gasteiger partial charge in [-0.2, -0.15) is 0 Å². The van der Waals surface area contributed by atoms with Gasteiger partial charge in [0.2, 0.25) is 0 Å². The molecule has 1 fully saturated rings. The van der Waals surface area contributed by atoms with E-state index in [0.29, 0.717) is 11.8 Å². The number of ether oxygens (including phenoxy) is 1. The average Bonchev–Trinajstić information content (AvgIpc) is 3.23. The van der Waals surface area contributed by atoms with Crippen molar-refractivity contribution in [3.63, 3.8) is 0 Å². The van der Waals surface area contributed by atoms with Crippen molar-refractivity contribution >= 4 is 0 Å². The SMILES string of the molecule is COc1ccc(C2C=CC=CC2C2CC2)cc1. The van der Waals surface area contributed by atoms with E-state index < -0.39 is 0 Å². The number of hydrogen-bond acceptors (Lipinski definition) is 1. The molecule has 1 aromatic rings. The molecule has 17 heavy (non-hydrogen) atoms. The molecule has 3 rings (SSSR count). The van der Waals surface area contributed by atoms with Gasteiger partial charge in [0.25, 0.3) is 0 Å². The van der Waals surface area contributed by atoms with Gasteiger partial charge in [0, 0.05) is 5.92 Å². The Hall–Kier alpha value is -1.50. The van der Waals surface area contributed by atoms with Gasteiger partial charge < -0.3 is 4.74 Å². The highest BCUT2D eigenvalue weighted by atomic mass is 16.5. The van der Waals surface area contributed by atoms with Crippen LogP contribution < -0.4 is 4.74 Å². The van der Waals surface area contributed by atoms with Gasteiger partial charge in [0.15, 0.2) is 0 Å². The van der Waals surface area contributed by atoms with Gasteiger partial charge in [0.1, 0.15) is 5.75 Å². The molecule has 1 aromatic carbocycles. The molecule has 1 nitrogen and oxygen atoms in total. The number of allylic oxidation sites excluding steroid dienone is 4. The Kier molecular flexibility index (Phi) is 2.76. The zero-order valence-corrected chi connectivity index (χ0v) is 10.2. The second-order valence-electron chi connectivity index (χ2n) is 4.98. The maximum Gasteiger partial charge on any atom is 0.118 e. The molecule has 0 aromatic heterocycles. The van der Waals surface area contributed by atoms with Gasteiger partial charge in [-0.15, -0.1) is 0 Å². The maximum absolute atomic E-state index is 5.21. The van der Waals surface area contributed by atoms with Crippen molar-refractivity contribution < 1.29 is 4.74 Å². The monoisotopic (exact) mass is 226 g/mol. The Morgan fingerprint density at radius 2 is 1.71 bits per heavy atom. The molecule has 0 amide bonds. The molecule has 0 spiro atoms. The molecule has 88 valence electrons. The lowest BCUT2D eigenvalue weighted by Crippen LogP contribution is -2.12. The summed E-state index contributed by atoms with van der Waals surface area (Å²) < 4.78 is 5.21. The molecular weight excluding hydrogens is 208 g/mol. The zero-order chi connectivity index (χ0) is 11.7. The molecule has 0 saturated heterocycles. The van der Waals surface area contributed by atoms with E-state index in [2.05, 4.69) is 48.6 Å². The summed E-state index contributed by atoms with van der Waals surface area (Å²) in [5.41, 5.74) is 1.41. The fourth-order valence-electron chi connectivity index (χ4n) is 2.72. The Morgan fingerprint density at radius 3 is 2.35 bits per heavy atom. The molecule has 0 heterocycles. The fraction of sp³-hybridized carbons (Fsp3) is 0.375. The highest BCUT2D eigenvalue weighted by Gasteiger charge is 2.35. The number of benzene rings is 1. The largest absolute Gasteiger partial charge is 0.497 e. The first-order chi connectivity index (χ1) is 8.38. The second kappa shape index (κ2) is 4.40. The van der Waals surface area contributed by atoms with Gasteiger partial charge in [-0.3, -0.25) is 0 Å². The van der Waals surface area contributed by atoms with E-state index in [1.165, 1.54) is 18.4 Å². The smallest absolute Gasteiger partial charge is 0.118 e. The molecule has 2 aliphatic rings. The van der Waals surface area contributed by atoms with Gasteiger partial charge >= 0.3 is 0 Å². The Balaban J connectivity index is 1.85. The van der Waals surface area contributed by atoms with Crippen LogP contribution in [0.2, 0.25) is 0 Å². The molecule has 2 atom stereocenters. The Labute approximate surface area is 103 Å². The first kappa shape index (κ1) is 10.6. The fourth-order valence-corrected chi connectivity index (χ4v) is 2.72. The van der Waals surface area contributed by atoms with Crippen molar-refractivity contribution in [3.05, 3.63) is 54.1 Å². The lowest BCUT2D eigenvalue weighted by molar-refractivity contribution is 0.414. The standard InChI is InChI=1S/C16H18O/c1-17-14-10-8-13(9-11-14)16-5-3-2-4-15(16)12-6-7-12/h2-5,8-12,15-16H,6-7H2,1H3. The van der Waals surface area contributed by atoms with Crippen molar-refractivity contribution in [1.82, 2.24) is 0 Å². The van der Waals surface area contributed by atoms with E-state index in [1.54, 1.807) is 7.11 Å². The van der Waals surface area contributed by atoms with Crippen LogP contribution in [0.25, 0.3) is 0 Å². The van der Waals surface area contributed by atoms with Crippen LogP contribution in [0.5, 0.6) is 5.75 Å². The van der Waals surface area contributed by atoms with Crippen LogP contribution in [-0.4, -0.2) is 7.11 Å². The van der Waals surface area contributed by atoms with Gasteiger partial charge in [-0.1, -0.05) is 36.4 Å².